The topological polar surface area (TPSA) is 133 Å². The summed E-state index contributed by atoms with van der Waals surface area (Å²) >= 11 is 0. The molecule has 1 aromatic rings. The summed E-state index contributed by atoms with van der Waals surface area (Å²) in [4.78, 5) is 24.4. The van der Waals surface area contributed by atoms with Crippen molar-refractivity contribution in [3.63, 3.8) is 0 Å². The molecule has 0 aromatic carbocycles. The van der Waals surface area contributed by atoms with Gasteiger partial charge in [0.2, 0.25) is 15.9 Å². The minimum Gasteiger partial charge on any atom is -0.446 e. The third-order valence-corrected chi connectivity index (χ3v) is 7.53. The van der Waals surface area contributed by atoms with Crippen molar-refractivity contribution in [3.05, 3.63) is 11.8 Å². The fourth-order valence-corrected chi connectivity index (χ4v) is 4.70. The second-order valence-electron chi connectivity index (χ2n) is 9.13. The second kappa shape index (κ2) is 9.15. The fourth-order valence-electron chi connectivity index (χ4n) is 4.26. The van der Waals surface area contributed by atoms with Crippen molar-refractivity contribution in [3.8, 4) is 0 Å². The van der Waals surface area contributed by atoms with E-state index in [-0.39, 0.29) is 41.7 Å². The summed E-state index contributed by atoms with van der Waals surface area (Å²) in [7, 11) is -1.74. The Morgan fingerprint density at radius 1 is 1.35 bits per heavy atom. The molecule has 3 N–H and O–H groups in total. The van der Waals surface area contributed by atoms with Crippen molar-refractivity contribution in [2.24, 2.45) is 17.8 Å². The van der Waals surface area contributed by atoms with Gasteiger partial charge in [0.15, 0.2) is 5.82 Å². The summed E-state index contributed by atoms with van der Waals surface area (Å²) in [5, 5.41) is 12.8. The van der Waals surface area contributed by atoms with Gasteiger partial charge in [0.25, 0.3) is 0 Å². The molecule has 31 heavy (non-hydrogen) atoms. The quantitative estimate of drug-likeness (QED) is 0.548. The number of nitrogens with one attached hydrogen (secondary N) is 3. The van der Waals surface area contributed by atoms with Gasteiger partial charge in [0.1, 0.15) is 6.10 Å². The standard InChI is InChI=1S/C20H33N5O5S/c1-11(2)21-20(27)30-14-7-6-13(8-14)16-9-17(24-23-16)22-19(26)18-12(3)15(18)10-25(4)31(5,28)29/h9,11-15,18H,6-8,10H2,1-5H3,(H,21,27)(H2,22,23,24,26). The smallest absolute Gasteiger partial charge is 0.407 e. The Morgan fingerprint density at radius 3 is 2.71 bits per heavy atom. The Kier molecular flexibility index (Phi) is 6.95. The van der Waals surface area contributed by atoms with Crippen molar-refractivity contribution in [2.75, 3.05) is 25.2 Å². The molecule has 1 aromatic heterocycles. The van der Waals surface area contributed by atoms with Crippen LogP contribution in [0.4, 0.5) is 10.6 Å². The summed E-state index contributed by atoms with van der Waals surface area (Å²) < 4.78 is 30.0. The van der Waals surface area contributed by atoms with Crippen LogP contribution < -0.4 is 10.6 Å². The van der Waals surface area contributed by atoms with Gasteiger partial charge in [-0.15, -0.1) is 0 Å². The minimum atomic E-state index is -3.26. The first-order chi connectivity index (χ1) is 14.5. The Hall–Kier alpha value is -2.14. The molecule has 5 atom stereocenters. The molecular formula is C20H33N5O5S. The average Bonchev–Trinajstić information content (AvgIpc) is 3.02. The first kappa shape index (κ1) is 23.5. The second-order valence-corrected chi connectivity index (χ2v) is 11.2. The van der Waals surface area contributed by atoms with Gasteiger partial charge in [-0.05, 0) is 44.9 Å². The molecule has 2 aliphatic carbocycles. The van der Waals surface area contributed by atoms with Gasteiger partial charge in [0, 0.05) is 43.2 Å². The lowest BCUT2D eigenvalue weighted by Gasteiger charge is -2.14. The number of H-pyrrole nitrogens is 1. The van der Waals surface area contributed by atoms with Gasteiger partial charge in [-0.25, -0.2) is 17.5 Å². The predicted octanol–water partition coefficient (Wildman–Crippen LogP) is 1.89. The maximum absolute atomic E-state index is 12.6. The summed E-state index contributed by atoms with van der Waals surface area (Å²) in [6, 6.07) is 1.85. The normalized spacial score (nSPS) is 28.0. The summed E-state index contributed by atoms with van der Waals surface area (Å²) in [5.74, 6) is 0.390. The molecule has 0 bridgehead atoms. The van der Waals surface area contributed by atoms with E-state index in [4.69, 9.17) is 4.74 Å². The maximum atomic E-state index is 12.6. The highest BCUT2D eigenvalue weighted by atomic mass is 32.2. The number of carbonyl (C=O) groups excluding carboxylic acids is 2. The molecule has 10 nitrogen and oxygen atoms in total. The third-order valence-electron chi connectivity index (χ3n) is 6.25. The van der Waals surface area contributed by atoms with Gasteiger partial charge in [-0.3, -0.25) is 9.89 Å². The number of hydrogen-bond donors (Lipinski definition) is 3. The largest absolute Gasteiger partial charge is 0.446 e. The maximum Gasteiger partial charge on any atom is 0.407 e. The molecule has 11 heteroatoms. The molecule has 2 aliphatic rings. The number of rotatable bonds is 8. The van der Waals surface area contributed by atoms with Crippen LogP contribution in [-0.4, -0.2) is 66.9 Å². The Balaban J connectivity index is 1.49. The van der Waals surface area contributed by atoms with Gasteiger partial charge >= 0.3 is 6.09 Å². The molecule has 0 saturated heterocycles. The molecule has 2 saturated carbocycles. The van der Waals surface area contributed by atoms with E-state index in [0.29, 0.717) is 18.8 Å². The minimum absolute atomic E-state index is 0.00265. The lowest BCUT2D eigenvalue weighted by atomic mass is 10.0. The predicted molar refractivity (Wildman–Crippen MR) is 116 cm³/mol. The van der Waals surface area contributed by atoms with Crippen molar-refractivity contribution in [2.45, 2.75) is 58.1 Å². The number of anilines is 1. The van der Waals surface area contributed by atoms with Gasteiger partial charge in [0.05, 0.1) is 6.26 Å². The zero-order valence-corrected chi connectivity index (χ0v) is 19.5. The molecule has 0 spiro atoms. The van der Waals surface area contributed by atoms with E-state index in [1.54, 1.807) is 0 Å². The van der Waals surface area contributed by atoms with E-state index in [0.717, 1.165) is 24.8 Å². The van der Waals surface area contributed by atoms with Crippen LogP contribution in [0.15, 0.2) is 6.07 Å². The summed E-state index contributed by atoms with van der Waals surface area (Å²) in [6.07, 6.45) is 3.00. The van der Waals surface area contributed by atoms with Crippen molar-refractivity contribution >= 4 is 27.8 Å². The highest BCUT2D eigenvalue weighted by Gasteiger charge is 2.52. The number of carbonyl (C=O) groups is 2. The molecule has 2 amide bonds. The van der Waals surface area contributed by atoms with E-state index >= 15 is 0 Å². The Bertz CT molecular complexity index is 915. The van der Waals surface area contributed by atoms with Crippen LogP contribution >= 0.6 is 0 Å². The summed E-state index contributed by atoms with van der Waals surface area (Å²) in [5.41, 5.74) is 0.905. The van der Waals surface area contributed by atoms with Gasteiger partial charge < -0.3 is 15.4 Å². The number of ether oxygens (including phenoxy) is 1. The lowest BCUT2D eigenvalue weighted by molar-refractivity contribution is -0.117. The first-order valence-corrected chi connectivity index (χ1v) is 12.5. The molecular weight excluding hydrogens is 422 g/mol. The summed E-state index contributed by atoms with van der Waals surface area (Å²) in [6.45, 7) is 6.05. The molecule has 1 heterocycles. The highest BCUT2D eigenvalue weighted by molar-refractivity contribution is 7.88. The van der Waals surface area contributed by atoms with E-state index < -0.39 is 16.1 Å². The van der Waals surface area contributed by atoms with Gasteiger partial charge in [-0.2, -0.15) is 5.10 Å². The lowest BCUT2D eigenvalue weighted by Crippen LogP contribution is -2.33. The van der Waals surface area contributed by atoms with Crippen molar-refractivity contribution in [1.29, 1.82) is 0 Å². The van der Waals surface area contributed by atoms with E-state index in [2.05, 4.69) is 20.8 Å². The van der Waals surface area contributed by atoms with E-state index in [1.165, 1.54) is 11.4 Å². The van der Waals surface area contributed by atoms with Crippen molar-refractivity contribution < 1.29 is 22.7 Å². The van der Waals surface area contributed by atoms with E-state index in [1.807, 2.05) is 26.8 Å². The van der Waals surface area contributed by atoms with E-state index in [9.17, 15) is 18.0 Å². The fraction of sp³-hybridized carbons (Fsp3) is 0.750. The van der Waals surface area contributed by atoms with Crippen LogP contribution in [0, 0.1) is 17.8 Å². The zero-order valence-electron chi connectivity index (χ0n) is 18.7. The molecule has 3 rings (SSSR count). The van der Waals surface area contributed by atoms with Gasteiger partial charge in [-0.1, -0.05) is 6.92 Å². The number of amides is 2. The first-order valence-electron chi connectivity index (χ1n) is 10.7. The number of alkyl carbamates (subject to hydrolysis) is 1. The average molecular weight is 456 g/mol. The molecule has 2 fully saturated rings. The van der Waals surface area contributed by atoms with Crippen LogP contribution in [0.1, 0.15) is 51.6 Å². The highest BCUT2D eigenvalue weighted by Crippen LogP contribution is 2.47. The van der Waals surface area contributed by atoms with Crippen LogP contribution in [0.2, 0.25) is 0 Å². The van der Waals surface area contributed by atoms with Crippen LogP contribution in [0.5, 0.6) is 0 Å². The third kappa shape index (κ3) is 5.97. The molecule has 0 radical (unpaired) electrons. The zero-order chi connectivity index (χ0) is 22.9. The number of sulfonamides is 1. The van der Waals surface area contributed by atoms with Crippen LogP contribution in [0.25, 0.3) is 0 Å². The van der Waals surface area contributed by atoms with Crippen molar-refractivity contribution in [1.82, 2.24) is 19.8 Å². The molecule has 5 unspecified atom stereocenters. The number of aromatic nitrogens is 2. The SMILES string of the molecule is CC(C)NC(=O)OC1CCC(c2cc(NC(=O)C3C(C)C3CN(C)S(C)(=O)=O)n[nH]2)C1. The number of hydrogen-bond acceptors (Lipinski definition) is 6. The molecule has 0 aliphatic heterocycles. The number of nitrogens with zero attached hydrogens (tertiary/aromatic N) is 2. The monoisotopic (exact) mass is 455 g/mol. The Labute approximate surface area is 183 Å². The van der Waals surface area contributed by atoms with Crippen LogP contribution in [0.3, 0.4) is 0 Å². The molecule has 174 valence electrons. The number of aromatic amines is 1. The Morgan fingerprint density at radius 2 is 2.06 bits per heavy atom. The van der Waals surface area contributed by atoms with Crippen LogP contribution in [-0.2, 0) is 19.6 Å².